The molecule has 0 radical (unpaired) electrons. The van der Waals surface area contributed by atoms with Crippen molar-refractivity contribution in [3.05, 3.63) is 29.5 Å². The van der Waals surface area contributed by atoms with Gasteiger partial charge in [-0.3, -0.25) is 4.72 Å². The Morgan fingerprint density at radius 2 is 2.00 bits per heavy atom. The number of fused-ring (bicyclic) bond motifs is 1. The largest absolute Gasteiger partial charge is 0.464 e. The van der Waals surface area contributed by atoms with Crippen LogP contribution in [-0.4, -0.2) is 32.3 Å². The van der Waals surface area contributed by atoms with E-state index in [1.807, 2.05) is 25.1 Å². The summed E-state index contributed by atoms with van der Waals surface area (Å²) in [6.07, 6.45) is 1.04. The third-order valence-corrected chi connectivity index (χ3v) is 3.60. The van der Waals surface area contributed by atoms with E-state index >= 15 is 0 Å². The lowest BCUT2D eigenvalue weighted by atomic mass is 10.1. The molecule has 0 aliphatic heterocycles. The Morgan fingerprint density at radius 1 is 1.35 bits per heavy atom. The molecule has 0 saturated heterocycles. The molecule has 0 fully saturated rings. The number of carbonyl (C=O) groups is 1. The zero-order valence-electron chi connectivity index (χ0n) is 11.7. The maximum atomic E-state index is 11.9. The fourth-order valence-corrected chi connectivity index (χ4v) is 2.76. The first-order valence-corrected chi connectivity index (χ1v) is 7.79. The first-order valence-electron chi connectivity index (χ1n) is 5.89. The topological polar surface area (TPSA) is 77.4 Å². The number of esters is 1. The molecule has 0 aliphatic carbocycles. The number of aryl methyl sites for hydroxylation is 2. The Balaban J connectivity index is 2.85. The number of nitrogens with one attached hydrogen (secondary N) is 1. The molecule has 7 heteroatoms. The zero-order valence-corrected chi connectivity index (χ0v) is 12.5. The summed E-state index contributed by atoms with van der Waals surface area (Å²) >= 11 is 0. The van der Waals surface area contributed by atoms with E-state index in [0.717, 1.165) is 17.3 Å². The van der Waals surface area contributed by atoms with Crippen molar-refractivity contribution in [3.8, 4) is 0 Å². The van der Waals surface area contributed by atoms with E-state index in [0.29, 0.717) is 5.39 Å². The van der Waals surface area contributed by atoms with E-state index in [2.05, 4.69) is 4.72 Å². The molecule has 2 rings (SSSR count). The summed E-state index contributed by atoms with van der Waals surface area (Å²) in [6.45, 7) is 1.90. The second kappa shape index (κ2) is 4.82. The van der Waals surface area contributed by atoms with Crippen molar-refractivity contribution in [2.75, 3.05) is 18.1 Å². The molecular weight excluding hydrogens is 280 g/mol. The molecule has 1 aromatic heterocycles. The minimum absolute atomic E-state index is 0.179. The number of benzene rings is 1. The minimum Gasteiger partial charge on any atom is -0.464 e. The molecule has 20 heavy (non-hydrogen) atoms. The fraction of sp³-hybridized carbons (Fsp3) is 0.308. The molecule has 108 valence electrons. The predicted octanol–water partition coefficient (Wildman–Crippen LogP) is 1.64. The average Bonchev–Trinajstić information content (AvgIpc) is 2.59. The highest BCUT2D eigenvalue weighted by atomic mass is 32.2. The normalized spacial score (nSPS) is 11.6. The first-order chi connectivity index (χ1) is 9.24. The average molecular weight is 296 g/mol. The van der Waals surface area contributed by atoms with Gasteiger partial charge in [-0.05, 0) is 19.1 Å². The van der Waals surface area contributed by atoms with Crippen LogP contribution in [-0.2, 0) is 21.8 Å². The molecule has 6 nitrogen and oxygen atoms in total. The first kappa shape index (κ1) is 14.4. The lowest BCUT2D eigenvalue weighted by Gasteiger charge is -2.06. The van der Waals surface area contributed by atoms with Crippen molar-refractivity contribution < 1.29 is 17.9 Å². The van der Waals surface area contributed by atoms with E-state index < -0.39 is 16.0 Å². The summed E-state index contributed by atoms with van der Waals surface area (Å²) in [5.41, 5.74) is 2.15. The number of hydrogen-bond acceptors (Lipinski definition) is 4. The van der Waals surface area contributed by atoms with Gasteiger partial charge in [-0.25, -0.2) is 13.2 Å². The van der Waals surface area contributed by atoms with Gasteiger partial charge in [0.15, 0.2) is 5.69 Å². The Hall–Kier alpha value is -2.02. The number of anilines is 1. The fourth-order valence-electron chi connectivity index (χ4n) is 2.18. The standard InChI is InChI=1S/C13H16N2O4S/c1-8-5-6-10-9(7-8)11(14-20(4,17)18)12(15(10)2)13(16)19-3/h5-7,14H,1-4H3. The van der Waals surface area contributed by atoms with Crippen LogP contribution in [0.25, 0.3) is 10.9 Å². The van der Waals surface area contributed by atoms with E-state index in [9.17, 15) is 13.2 Å². The summed E-state index contributed by atoms with van der Waals surface area (Å²) in [5.74, 6) is -0.590. The molecule has 2 aromatic rings. The van der Waals surface area contributed by atoms with Gasteiger partial charge in [0.05, 0.1) is 24.6 Å². The van der Waals surface area contributed by atoms with Crippen LogP contribution in [0.4, 0.5) is 5.69 Å². The zero-order chi connectivity index (χ0) is 15.1. The second-order valence-electron chi connectivity index (χ2n) is 4.67. The van der Waals surface area contributed by atoms with Crippen molar-refractivity contribution in [1.82, 2.24) is 4.57 Å². The van der Waals surface area contributed by atoms with E-state index in [1.165, 1.54) is 7.11 Å². The molecule has 0 unspecified atom stereocenters. The third-order valence-electron chi connectivity index (χ3n) is 3.02. The highest BCUT2D eigenvalue weighted by molar-refractivity contribution is 7.92. The molecule has 1 N–H and O–H groups in total. The van der Waals surface area contributed by atoms with Crippen molar-refractivity contribution in [3.63, 3.8) is 0 Å². The van der Waals surface area contributed by atoms with Crippen LogP contribution in [0.1, 0.15) is 16.1 Å². The molecule has 1 aromatic carbocycles. The molecule has 1 heterocycles. The number of ether oxygens (including phenoxy) is 1. The summed E-state index contributed by atoms with van der Waals surface area (Å²) in [4.78, 5) is 11.9. The van der Waals surface area contributed by atoms with Gasteiger partial charge in [-0.2, -0.15) is 0 Å². The van der Waals surface area contributed by atoms with E-state index in [1.54, 1.807) is 11.6 Å². The van der Waals surface area contributed by atoms with E-state index in [-0.39, 0.29) is 11.4 Å². The number of aromatic nitrogens is 1. The van der Waals surface area contributed by atoms with Gasteiger partial charge in [-0.1, -0.05) is 11.6 Å². The third kappa shape index (κ3) is 2.49. The molecule has 0 spiro atoms. The number of rotatable bonds is 3. The maximum Gasteiger partial charge on any atom is 0.356 e. The van der Waals surface area contributed by atoms with E-state index in [4.69, 9.17) is 4.74 Å². The Labute approximate surface area is 117 Å². The molecule has 0 bridgehead atoms. The molecule has 0 atom stereocenters. The smallest absolute Gasteiger partial charge is 0.356 e. The highest BCUT2D eigenvalue weighted by Gasteiger charge is 2.23. The van der Waals surface area contributed by atoms with Gasteiger partial charge in [0, 0.05) is 12.4 Å². The number of hydrogen-bond donors (Lipinski definition) is 1. The van der Waals surface area contributed by atoms with Gasteiger partial charge in [0.25, 0.3) is 0 Å². The van der Waals surface area contributed by atoms with Gasteiger partial charge in [0.1, 0.15) is 0 Å². The van der Waals surface area contributed by atoms with Gasteiger partial charge >= 0.3 is 5.97 Å². The van der Waals surface area contributed by atoms with Crippen molar-refractivity contribution >= 4 is 32.6 Å². The van der Waals surface area contributed by atoms with Crippen LogP contribution in [0, 0.1) is 6.92 Å². The monoisotopic (exact) mass is 296 g/mol. The summed E-state index contributed by atoms with van der Waals surface area (Å²) in [5, 5.41) is 0.665. The number of nitrogens with zero attached hydrogens (tertiary/aromatic N) is 1. The van der Waals surface area contributed by atoms with Gasteiger partial charge < -0.3 is 9.30 Å². The summed E-state index contributed by atoms with van der Waals surface area (Å²) in [7, 11) is -0.552. The van der Waals surface area contributed by atoms with Crippen LogP contribution in [0.5, 0.6) is 0 Å². The van der Waals surface area contributed by atoms with Gasteiger partial charge in [0.2, 0.25) is 10.0 Å². The SMILES string of the molecule is COC(=O)c1c(NS(C)(=O)=O)c2cc(C)ccc2n1C. The van der Waals surface area contributed by atoms with Crippen LogP contribution < -0.4 is 4.72 Å². The Bertz CT molecular complexity index is 790. The molecule has 0 amide bonds. The summed E-state index contributed by atoms with van der Waals surface area (Å²) < 4.78 is 31.8. The predicted molar refractivity (Wildman–Crippen MR) is 77.5 cm³/mol. The minimum atomic E-state index is -3.50. The quantitative estimate of drug-likeness (QED) is 0.874. The lowest BCUT2D eigenvalue weighted by Crippen LogP contribution is -2.15. The van der Waals surface area contributed by atoms with Crippen LogP contribution in [0.2, 0.25) is 0 Å². The van der Waals surface area contributed by atoms with Crippen molar-refractivity contribution in [1.29, 1.82) is 0 Å². The number of sulfonamides is 1. The Kier molecular flexibility index (Phi) is 3.47. The molecular formula is C13H16N2O4S. The molecule has 0 saturated carbocycles. The number of carbonyl (C=O) groups excluding carboxylic acids is 1. The van der Waals surface area contributed by atoms with Crippen LogP contribution in [0.3, 0.4) is 0 Å². The summed E-state index contributed by atoms with van der Waals surface area (Å²) in [6, 6.07) is 5.56. The van der Waals surface area contributed by atoms with Crippen LogP contribution in [0.15, 0.2) is 18.2 Å². The highest BCUT2D eigenvalue weighted by Crippen LogP contribution is 2.32. The van der Waals surface area contributed by atoms with Crippen molar-refractivity contribution in [2.24, 2.45) is 7.05 Å². The second-order valence-corrected chi connectivity index (χ2v) is 6.42. The van der Waals surface area contributed by atoms with Gasteiger partial charge in [-0.15, -0.1) is 0 Å². The number of methoxy groups -OCH3 is 1. The van der Waals surface area contributed by atoms with Crippen LogP contribution >= 0.6 is 0 Å². The Morgan fingerprint density at radius 3 is 2.55 bits per heavy atom. The molecule has 0 aliphatic rings. The lowest BCUT2D eigenvalue weighted by molar-refractivity contribution is 0.0592. The van der Waals surface area contributed by atoms with Crippen molar-refractivity contribution in [2.45, 2.75) is 6.92 Å². The maximum absolute atomic E-state index is 11.9.